The fourth-order valence-corrected chi connectivity index (χ4v) is 2.84. The molecule has 1 atom stereocenters. The zero-order chi connectivity index (χ0) is 12.4. The molecule has 1 aromatic carbocycles. The highest BCUT2D eigenvalue weighted by molar-refractivity contribution is 5.32. The first-order chi connectivity index (χ1) is 8.86. The van der Waals surface area contributed by atoms with Crippen molar-refractivity contribution in [2.75, 3.05) is 0 Å². The Morgan fingerprint density at radius 2 is 1.83 bits per heavy atom. The molecule has 1 heterocycles. The molecule has 2 aromatic rings. The summed E-state index contributed by atoms with van der Waals surface area (Å²) < 4.78 is 1.85. The monoisotopic (exact) mass is 242 g/mol. The van der Waals surface area contributed by atoms with Crippen LogP contribution in [0.25, 0.3) is 5.69 Å². The Kier molecular flexibility index (Phi) is 3.15. The summed E-state index contributed by atoms with van der Waals surface area (Å²) in [4.78, 5) is 0. The molecule has 3 heteroatoms. The van der Waals surface area contributed by atoms with E-state index in [0.29, 0.717) is 5.92 Å². The van der Waals surface area contributed by atoms with Gasteiger partial charge in [0.25, 0.3) is 0 Å². The first-order valence-corrected chi connectivity index (χ1v) is 6.63. The molecule has 0 amide bonds. The molecule has 3 nitrogen and oxygen atoms in total. The maximum atomic E-state index is 10.5. The van der Waals surface area contributed by atoms with E-state index in [-0.39, 0.29) is 0 Å². The highest BCUT2D eigenvalue weighted by Gasteiger charge is 2.27. The van der Waals surface area contributed by atoms with Crippen LogP contribution in [0.4, 0.5) is 0 Å². The van der Waals surface area contributed by atoms with Gasteiger partial charge in [0.15, 0.2) is 0 Å². The number of aliphatic hydroxyl groups is 1. The van der Waals surface area contributed by atoms with Gasteiger partial charge in [0, 0.05) is 6.20 Å². The van der Waals surface area contributed by atoms with Crippen LogP contribution in [-0.4, -0.2) is 14.9 Å². The molecular weight excluding hydrogens is 224 g/mol. The van der Waals surface area contributed by atoms with E-state index >= 15 is 0 Å². The van der Waals surface area contributed by atoms with Crippen LogP contribution in [0.15, 0.2) is 42.6 Å². The molecule has 1 aromatic heterocycles. The van der Waals surface area contributed by atoms with Crippen molar-refractivity contribution < 1.29 is 5.11 Å². The Morgan fingerprint density at radius 3 is 2.56 bits per heavy atom. The number of rotatable bonds is 3. The standard InChI is InChI=1S/C15H18N2O/c18-15(12-6-4-5-7-12)14-10-11-16-17(14)13-8-2-1-3-9-13/h1-3,8-12,15,18H,4-7H2. The topological polar surface area (TPSA) is 38.1 Å². The molecule has 0 aliphatic heterocycles. The molecule has 0 bridgehead atoms. The normalized spacial score (nSPS) is 18.1. The van der Waals surface area contributed by atoms with Crippen LogP contribution >= 0.6 is 0 Å². The second kappa shape index (κ2) is 4.94. The van der Waals surface area contributed by atoms with Crippen molar-refractivity contribution in [2.24, 2.45) is 5.92 Å². The Morgan fingerprint density at radius 1 is 1.11 bits per heavy atom. The predicted octanol–water partition coefficient (Wildman–Crippen LogP) is 3.10. The third-order valence-corrected chi connectivity index (χ3v) is 3.82. The van der Waals surface area contributed by atoms with Gasteiger partial charge >= 0.3 is 0 Å². The SMILES string of the molecule is OC(c1ccnn1-c1ccccc1)C1CCCC1. The highest BCUT2D eigenvalue weighted by atomic mass is 16.3. The van der Waals surface area contributed by atoms with Crippen LogP contribution in [0.2, 0.25) is 0 Å². The summed E-state index contributed by atoms with van der Waals surface area (Å²) in [5, 5.41) is 14.8. The summed E-state index contributed by atoms with van der Waals surface area (Å²) in [6.07, 6.45) is 6.10. The minimum Gasteiger partial charge on any atom is -0.387 e. The van der Waals surface area contributed by atoms with E-state index in [4.69, 9.17) is 0 Å². The number of nitrogens with zero attached hydrogens (tertiary/aromatic N) is 2. The molecule has 0 radical (unpaired) electrons. The van der Waals surface area contributed by atoms with Gasteiger partial charge in [-0.15, -0.1) is 0 Å². The number of para-hydroxylation sites is 1. The minimum atomic E-state index is -0.393. The fraction of sp³-hybridized carbons (Fsp3) is 0.400. The van der Waals surface area contributed by atoms with E-state index in [2.05, 4.69) is 5.10 Å². The van der Waals surface area contributed by atoms with Crippen molar-refractivity contribution in [3.63, 3.8) is 0 Å². The predicted molar refractivity (Wildman–Crippen MR) is 70.5 cm³/mol. The number of hydrogen-bond acceptors (Lipinski definition) is 2. The van der Waals surface area contributed by atoms with Gasteiger partial charge in [-0.3, -0.25) is 0 Å². The summed E-state index contributed by atoms with van der Waals surface area (Å²) in [5.41, 5.74) is 1.92. The van der Waals surface area contributed by atoms with Crippen LogP contribution in [-0.2, 0) is 0 Å². The highest BCUT2D eigenvalue weighted by Crippen LogP contribution is 2.35. The van der Waals surface area contributed by atoms with Crippen LogP contribution in [0, 0.1) is 5.92 Å². The van der Waals surface area contributed by atoms with Crippen molar-refractivity contribution in [2.45, 2.75) is 31.8 Å². The second-order valence-corrected chi connectivity index (χ2v) is 4.99. The van der Waals surface area contributed by atoms with Crippen LogP contribution in [0.1, 0.15) is 37.5 Å². The van der Waals surface area contributed by atoms with Crippen molar-refractivity contribution in [3.8, 4) is 5.69 Å². The number of aliphatic hydroxyl groups excluding tert-OH is 1. The quantitative estimate of drug-likeness (QED) is 0.898. The van der Waals surface area contributed by atoms with Gasteiger partial charge in [0.05, 0.1) is 17.5 Å². The maximum Gasteiger partial charge on any atom is 0.0989 e. The fourth-order valence-electron chi connectivity index (χ4n) is 2.84. The molecule has 1 unspecified atom stereocenters. The lowest BCUT2D eigenvalue weighted by Gasteiger charge is -2.19. The Bertz CT molecular complexity index is 500. The zero-order valence-electron chi connectivity index (χ0n) is 10.4. The third kappa shape index (κ3) is 2.06. The summed E-state index contributed by atoms with van der Waals surface area (Å²) >= 11 is 0. The van der Waals surface area contributed by atoms with Crippen LogP contribution < -0.4 is 0 Å². The largest absolute Gasteiger partial charge is 0.387 e. The molecule has 1 aliphatic carbocycles. The first kappa shape index (κ1) is 11.5. The van der Waals surface area contributed by atoms with E-state index in [1.807, 2.05) is 41.1 Å². The smallest absolute Gasteiger partial charge is 0.0989 e. The van der Waals surface area contributed by atoms with E-state index in [0.717, 1.165) is 24.2 Å². The Labute approximate surface area is 107 Å². The minimum absolute atomic E-state index is 0.393. The summed E-state index contributed by atoms with van der Waals surface area (Å²) in [6, 6.07) is 11.9. The number of hydrogen-bond donors (Lipinski definition) is 1. The number of benzene rings is 1. The lowest BCUT2D eigenvalue weighted by atomic mass is 9.98. The Hall–Kier alpha value is -1.61. The lowest BCUT2D eigenvalue weighted by molar-refractivity contribution is 0.105. The van der Waals surface area contributed by atoms with Gasteiger partial charge < -0.3 is 5.11 Å². The second-order valence-electron chi connectivity index (χ2n) is 4.99. The van der Waals surface area contributed by atoms with Crippen LogP contribution in [0.3, 0.4) is 0 Å². The molecule has 0 spiro atoms. The molecule has 18 heavy (non-hydrogen) atoms. The summed E-state index contributed by atoms with van der Waals surface area (Å²) in [5.74, 6) is 0.393. The molecular formula is C15H18N2O. The molecule has 94 valence electrons. The summed E-state index contributed by atoms with van der Waals surface area (Å²) in [7, 11) is 0. The molecule has 3 rings (SSSR count). The molecule has 0 saturated heterocycles. The maximum absolute atomic E-state index is 10.5. The average molecular weight is 242 g/mol. The molecule has 1 fully saturated rings. The molecule has 1 N–H and O–H groups in total. The zero-order valence-corrected chi connectivity index (χ0v) is 10.4. The van der Waals surface area contributed by atoms with Crippen LogP contribution in [0.5, 0.6) is 0 Å². The molecule has 1 saturated carbocycles. The van der Waals surface area contributed by atoms with Gasteiger partial charge in [0.2, 0.25) is 0 Å². The van der Waals surface area contributed by atoms with E-state index < -0.39 is 6.10 Å². The van der Waals surface area contributed by atoms with Gasteiger partial charge in [-0.25, -0.2) is 4.68 Å². The third-order valence-electron chi connectivity index (χ3n) is 3.82. The van der Waals surface area contributed by atoms with Crippen molar-refractivity contribution in [1.82, 2.24) is 9.78 Å². The number of aromatic nitrogens is 2. The summed E-state index contributed by atoms with van der Waals surface area (Å²) in [6.45, 7) is 0. The lowest BCUT2D eigenvalue weighted by Crippen LogP contribution is -2.14. The van der Waals surface area contributed by atoms with E-state index in [1.165, 1.54) is 12.8 Å². The van der Waals surface area contributed by atoms with E-state index in [9.17, 15) is 5.11 Å². The van der Waals surface area contributed by atoms with Crippen molar-refractivity contribution in [1.29, 1.82) is 0 Å². The van der Waals surface area contributed by atoms with Gasteiger partial charge in [0.1, 0.15) is 0 Å². The van der Waals surface area contributed by atoms with Gasteiger partial charge in [-0.05, 0) is 37.0 Å². The molecule has 1 aliphatic rings. The van der Waals surface area contributed by atoms with Crippen molar-refractivity contribution in [3.05, 3.63) is 48.3 Å². The van der Waals surface area contributed by atoms with E-state index in [1.54, 1.807) is 6.20 Å². The average Bonchev–Trinajstić information content (AvgIpc) is 3.10. The Balaban J connectivity index is 1.91. The van der Waals surface area contributed by atoms with Gasteiger partial charge in [-0.1, -0.05) is 31.0 Å². The van der Waals surface area contributed by atoms with Crippen molar-refractivity contribution >= 4 is 0 Å². The first-order valence-electron chi connectivity index (χ1n) is 6.63. The van der Waals surface area contributed by atoms with Gasteiger partial charge in [-0.2, -0.15) is 5.10 Å².